The van der Waals surface area contributed by atoms with Gasteiger partial charge in [-0.05, 0) is 31.2 Å². The number of anilines is 1. The molecule has 6 heteroatoms. The van der Waals surface area contributed by atoms with Crippen LogP contribution in [0.2, 0.25) is 0 Å². The van der Waals surface area contributed by atoms with E-state index in [2.05, 4.69) is 21.2 Å². The second kappa shape index (κ2) is 7.08. The average Bonchev–Trinajstić information content (AvgIpc) is 2.48. The van der Waals surface area contributed by atoms with Crippen LogP contribution in [0.3, 0.4) is 0 Å². The van der Waals surface area contributed by atoms with Gasteiger partial charge in [0.2, 0.25) is 0 Å². The first-order valence-corrected chi connectivity index (χ1v) is 7.29. The summed E-state index contributed by atoms with van der Waals surface area (Å²) in [5, 5.41) is 13.9. The number of non-ortho nitro benzene ring substituents is 1. The van der Waals surface area contributed by atoms with Crippen molar-refractivity contribution < 1.29 is 9.66 Å². The van der Waals surface area contributed by atoms with Gasteiger partial charge in [-0.25, -0.2) is 0 Å². The Balaban J connectivity index is 2.14. The number of hydrogen-bond donors (Lipinski definition) is 1. The lowest BCUT2D eigenvalue weighted by atomic mass is 10.2. The van der Waals surface area contributed by atoms with E-state index in [1.165, 1.54) is 12.1 Å². The molecule has 0 radical (unpaired) electrons. The fourth-order valence-corrected chi connectivity index (χ4v) is 2.32. The summed E-state index contributed by atoms with van der Waals surface area (Å²) >= 11 is 3.43. The molecule has 0 fully saturated rings. The SMILES string of the molecule is CCOc1ccc(Br)cc1CNc1cccc([N+](=O)[O-])c1. The van der Waals surface area contributed by atoms with Gasteiger partial charge < -0.3 is 10.1 Å². The fraction of sp³-hybridized carbons (Fsp3) is 0.200. The minimum atomic E-state index is -0.407. The second-order valence-electron chi connectivity index (χ2n) is 4.35. The van der Waals surface area contributed by atoms with Crippen molar-refractivity contribution in [1.29, 1.82) is 0 Å². The van der Waals surface area contributed by atoms with Crippen molar-refractivity contribution in [3.63, 3.8) is 0 Å². The van der Waals surface area contributed by atoms with Crippen molar-refractivity contribution in [3.8, 4) is 5.75 Å². The number of rotatable bonds is 6. The van der Waals surface area contributed by atoms with Gasteiger partial charge in [-0.1, -0.05) is 22.0 Å². The van der Waals surface area contributed by atoms with Crippen molar-refractivity contribution in [2.45, 2.75) is 13.5 Å². The molecule has 110 valence electrons. The average molecular weight is 351 g/mol. The number of nitrogens with one attached hydrogen (secondary N) is 1. The normalized spacial score (nSPS) is 10.2. The molecule has 0 unspecified atom stereocenters. The summed E-state index contributed by atoms with van der Waals surface area (Å²) in [5.41, 5.74) is 1.75. The zero-order chi connectivity index (χ0) is 15.2. The number of benzene rings is 2. The van der Waals surface area contributed by atoms with Gasteiger partial charge in [0.1, 0.15) is 5.75 Å². The van der Waals surface area contributed by atoms with E-state index in [9.17, 15) is 10.1 Å². The van der Waals surface area contributed by atoms with Crippen molar-refractivity contribution in [2.24, 2.45) is 0 Å². The molecule has 0 heterocycles. The van der Waals surface area contributed by atoms with E-state index in [1.54, 1.807) is 12.1 Å². The van der Waals surface area contributed by atoms with Gasteiger partial charge in [0.15, 0.2) is 0 Å². The van der Waals surface area contributed by atoms with Crippen molar-refractivity contribution >= 4 is 27.3 Å². The molecule has 0 amide bonds. The number of nitro groups is 1. The smallest absolute Gasteiger partial charge is 0.271 e. The molecule has 0 saturated heterocycles. The molecular weight excluding hydrogens is 336 g/mol. The third-order valence-corrected chi connectivity index (χ3v) is 3.36. The number of ether oxygens (including phenoxy) is 1. The quantitative estimate of drug-likeness (QED) is 0.620. The van der Waals surface area contributed by atoms with Crippen LogP contribution in [0.4, 0.5) is 11.4 Å². The minimum absolute atomic E-state index is 0.0688. The van der Waals surface area contributed by atoms with Crippen LogP contribution in [-0.2, 0) is 6.54 Å². The Labute approximate surface area is 131 Å². The van der Waals surface area contributed by atoms with Gasteiger partial charge in [0, 0.05) is 34.4 Å². The van der Waals surface area contributed by atoms with Crippen molar-refractivity contribution in [3.05, 3.63) is 62.6 Å². The Morgan fingerprint density at radius 2 is 2.10 bits per heavy atom. The molecule has 0 spiro atoms. The van der Waals surface area contributed by atoms with Crippen LogP contribution in [0.15, 0.2) is 46.9 Å². The van der Waals surface area contributed by atoms with Crippen LogP contribution in [0.25, 0.3) is 0 Å². The molecule has 1 N–H and O–H groups in total. The summed E-state index contributed by atoms with van der Waals surface area (Å²) in [7, 11) is 0. The monoisotopic (exact) mass is 350 g/mol. The molecule has 0 aliphatic rings. The first-order valence-electron chi connectivity index (χ1n) is 6.49. The molecular formula is C15H15BrN2O3. The second-order valence-corrected chi connectivity index (χ2v) is 5.26. The van der Waals surface area contributed by atoms with E-state index in [-0.39, 0.29) is 5.69 Å². The predicted octanol–water partition coefficient (Wildman–Crippen LogP) is 4.37. The summed E-state index contributed by atoms with van der Waals surface area (Å²) in [4.78, 5) is 10.4. The highest BCUT2D eigenvalue weighted by atomic mass is 79.9. The first kappa shape index (κ1) is 15.3. The molecule has 0 aliphatic carbocycles. The van der Waals surface area contributed by atoms with Gasteiger partial charge in [0.25, 0.3) is 5.69 Å². The third kappa shape index (κ3) is 4.19. The van der Waals surface area contributed by atoms with Crippen LogP contribution in [0.5, 0.6) is 5.75 Å². The molecule has 21 heavy (non-hydrogen) atoms. The maximum atomic E-state index is 10.8. The number of nitrogens with zero attached hydrogens (tertiary/aromatic N) is 1. The van der Waals surface area contributed by atoms with E-state index in [4.69, 9.17) is 4.74 Å². The summed E-state index contributed by atoms with van der Waals surface area (Å²) in [6.45, 7) is 3.04. The van der Waals surface area contributed by atoms with Crippen LogP contribution >= 0.6 is 15.9 Å². The molecule has 2 aromatic rings. The Kier molecular flexibility index (Phi) is 5.16. The number of halogens is 1. The van der Waals surface area contributed by atoms with E-state index in [1.807, 2.05) is 25.1 Å². The van der Waals surface area contributed by atoms with Crippen LogP contribution in [0.1, 0.15) is 12.5 Å². The van der Waals surface area contributed by atoms with Crippen molar-refractivity contribution in [1.82, 2.24) is 0 Å². The molecule has 0 saturated carbocycles. The topological polar surface area (TPSA) is 64.4 Å². The largest absolute Gasteiger partial charge is 0.494 e. The summed E-state index contributed by atoms with van der Waals surface area (Å²) in [5.74, 6) is 0.804. The Morgan fingerprint density at radius 1 is 1.29 bits per heavy atom. The fourth-order valence-electron chi connectivity index (χ4n) is 1.91. The Bertz CT molecular complexity index is 647. The standard InChI is InChI=1S/C15H15BrN2O3/c1-2-21-15-7-6-12(16)8-11(15)10-17-13-4-3-5-14(9-13)18(19)20/h3-9,17H,2,10H2,1H3. The van der Waals surface area contributed by atoms with E-state index in [0.29, 0.717) is 18.8 Å². The maximum Gasteiger partial charge on any atom is 0.271 e. The number of nitro benzene ring substituents is 1. The zero-order valence-corrected chi connectivity index (χ0v) is 13.1. The highest BCUT2D eigenvalue weighted by molar-refractivity contribution is 9.10. The summed E-state index contributed by atoms with van der Waals surface area (Å²) < 4.78 is 6.53. The summed E-state index contributed by atoms with van der Waals surface area (Å²) in [6.07, 6.45) is 0. The predicted molar refractivity (Wildman–Crippen MR) is 85.7 cm³/mol. The van der Waals surface area contributed by atoms with Gasteiger partial charge in [-0.15, -0.1) is 0 Å². The van der Waals surface area contributed by atoms with Gasteiger partial charge in [-0.3, -0.25) is 10.1 Å². The van der Waals surface area contributed by atoms with Gasteiger partial charge >= 0.3 is 0 Å². The number of hydrogen-bond acceptors (Lipinski definition) is 4. The molecule has 2 rings (SSSR count). The van der Waals surface area contributed by atoms with Crippen LogP contribution < -0.4 is 10.1 Å². The zero-order valence-electron chi connectivity index (χ0n) is 11.5. The molecule has 0 aromatic heterocycles. The van der Waals surface area contributed by atoms with Crippen LogP contribution in [-0.4, -0.2) is 11.5 Å². The highest BCUT2D eigenvalue weighted by Gasteiger charge is 2.07. The van der Waals surface area contributed by atoms with Gasteiger partial charge in [-0.2, -0.15) is 0 Å². The Hall–Kier alpha value is -2.08. The lowest BCUT2D eigenvalue weighted by Crippen LogP contribution is -2.03. The van der Waals surface area contributed by atoms with E-state index >= 15 is 0 Å². The third-order valence-electron chi connectivity index (χ3n) is 2.86. The minimum Gasteiger partial charge on any atom is -0.494 e. The molecule has 5 nitrogen and oxygen atoms in total. The molecule has 0 aliphatic heterocycles. The first-order chi connectivity index (χ1) is 10.1. The van der Waals surface area contributed by atoms with Gasteiger partial charge in [0.05, 0.1) is 11.5 Å². The molecule has 0 atom stereocenters. The van der Waals surface area contributed by atoms with E-state index < -0.39 is 4.92 Å². The van der Waals surface area contributed by atoms with Crippen LogP contribution in [0, 0.1) is 10.1 Å². The highest BCUT2D eigenvalue weighted by Crippen LogP contribution is 2.25. The maximum absolute atomic E-state index is 10.8. The van der Waals surface area contributed by atoms with E-state index in [0.717, 1.165) is 15.8 Å². The van der Waals surface area contributed by atoms with Crippen molar-refractivity contribution in [2.75, 3.05) is 11.9 Å². The lowest BCUT2D eigenvalue weighted by molar-refractivity contribution is -0.384. The molecule has 0 bridgehead atoms. The molecule has 2 aromatic carbocycles. The summed E-state index contributed by atoms with van der Waals surface area (Å²) in [6, 6.07) is 12.2. The Morgan fingerprint density at radius 3 is 2.81 bits per heavy atom. The lowest BCUT2D eigenvalue weighted by Gasteiger charge is -2.12.